The van der Waals surface area contributed by atoms with Crippen molar-refractivity contribution in [1.82, 2.24) is 0 Å². The Morgan fingerprint density at radius 1 is 1.31 bits per heavy atom. The van der Waals surface area contributed by atoms with Crippen LogP contribution in [0.4, 0.5) is 0 Å². The van der Waals surface area contributed by atoms with E-state index in [9.17, 15) is 4.79 Å². The van der Waals surface area contributed by atoms with Crippen LogP contribution in [-0.2, 0) is 0 Å². The molecular weight excluding hydrogens is 202 g/mol. The van der Waals surface area contributed by atoms with Gasteiger partial charge in [0.25, 0.3) is 0 Å². The zero-order valence-electron chi connectivity index (χ0n) is 10.3. The van der Waals surface area contributed by atoms with Crippen LogP contribution in [0.2, 0.25) is 0 Å². The highest BCUT2D eigenvalue weighted by Crippen LogP contribution is 2.30. The van der Waals surface area contributed by atoms with Crippen molar-refractivity contribution in [2.75, 3.05) is 7.11 Å². The Morgan fingerprint density at radius 2 is 1.94 bits per heavy atom. The molecule has 0 aliphatic carbocycles. The maximum absolute atomic E-state index is 12.0. The first-order valence-corrected chi connectivity index (χ1v) is 5.45. The molecule has 0 spiro atoms. The van der Waals surface area contributed by atoms with Crippen molar-refractivity contribution in [1.29, 1.82) is 0 Å². The van der Waals surface area contributed by atoms with Gasteiger partial charge in [0.1, 0.15) is 5.75 Å². The van der Waals surface area contributed by atoms with Gasteiger partial charge in [0, 0.05) is 11.1 Å². The summed E-state index contributed by atoms with van der Waals surface area (Å²) in [6.07, 6.45) is 0. The minimum atomic E-state index is -0.482. The molecule has 3 heteroatoms. The molecule has 2 N–H and O–H groups in total. The summed E-state index contributed by atoms with van der Waals surface area (Å²) in [5, 5.41) is 0. The average molecular weight is 221 g/mol. The molecule has 88 valence electrons. The van der Waals surface area contributed by atoms with Gasteiger partial charge in [-0.1, -0.05) is 26.0 Å². The van der Waals surface area contributed by atoms with Gasteiger partial charge in [-0.05, 0) is 18.9 Å². The molecule has 0 fully saturated rings. The lowest BCUT2D eigenvalue weighted by atomic mass is 9.92. The Morgan fingerprint density at radius 3 is 2.38 bits per heavy atom. The lowest BCUT2D eigenvalue weighted by molar-refractivity contribution is 0.0966. The first-order valence-electron chi connectivity index (χ1n) is 5.45. The average Bonchev–Trinajstić information content (AvgIpc) is 2.26. The van der Waals surface area contributed by atoms with Gasteiger partial charge >= 0.3 is 0 Å². The molecule has 1 aromatic carbocycles. The zero-order chi connectivity index (χ0) is 12.3. The van der Waals surface area contributed by atoms with Gasteiger partial charge in [0.2, 0.25) is 0 Å². The van der Waals surface area contributed by atoms with Crippen LogP contribution < -0.4 is 10.5 Å². The van der Waals surface area contributed by atoms with E-state index >= 15 is 0 Å². The lowest BCUT2D eigenvalue weighted by Crippen LogP contribution is -2.27. The highest BCUT2D eigenvalue weighted by atomic mass is 16.5. The maximum atomic E-state index is 12.0. The summed E-state index contributed by atoms with van der Waals surface area (Å²) in [5.41, 5.74) is 7.25. The number of Topliss-reactive ketones (excluding diaryl/α,β-unsaturated/α-hetero) is 1. The van der Waals surface area contributed by atoms with E-state index in [0.29, 0.717) is 5.56 Å². The number of rotatable bonds is 4. The van der Waals surface area contributed by atoms with E-state index in [-0.39, 0.29) is 11.7 Å². The number of carbonyl (C=O) groups is 1. The monoisotopic (exact) mass is 221 g/mol. The summed E-state index contributed by atoms with van der Waals surface area (Å²) in [6, 6.07) is 5.02. The summed E-state index contributed by atoms with van der Waals surface area (Å²) in [4.78, 5) is 12.0. The SMILES string of the molecule is COc1cccc(C(=O)C(C)N)c1C(C)C. The highest BCUT2D eigenvalue weighted by molar-refractivity contribution is 6.01. The van der Waals surface area contributed by atoms with Crippen molar-refractivity contribution in [3.63, 3.8) is 0 Å². The normalized spacial score (nSPS) is 12.6. The predicted octanol–water partition coefficient (Wildman–Crippen LogP) is 2.35. The quantitative estimate of drug-likeness (QED) is 0.794. The van der Waals surface area contributed by atoms with Gasteiger partial charge in [-0.3, -0.25) is 4.79 Å². The molecule has 3 nitrogen and oxygen atoms in total. The number of ketones is 1. The van der Waals surface area contributed by atoms with Crippen molar-refractivity contribution in [3.05, 3.63) is 29.3 Å². The molecule has 0 aliphatic rings. The molecule has 0 aliphatic heterocycles. The number of hydrogen-bond donors (Lipinski definition) is 1. The molecule has 0 heterocycles. The smallest absolute Gasteiger partial charge is 0.179 e. The van der Waals surface area contributed by atoms with E-state index in [1.807, 2.05) is 32.0 Å². The molecule has 0 radical (unpaired) electrons. The molecule has 0 saturated heterocycles. The van der Waals surface area contributed by atoms with Crippen molar-refractivity contribution in [2.24, 2.45) is 5.73 Å². The third-order valence-corrected chi connectivity index (χ3v) is 2.54. The van der Waals surface area contributed by atoms with E-state index < -0.39 is 6.04 Å². The number of benzene rings is 1. The van der Waals surface area contributed by atoms with Gasteiger partial charge in [-0.2, -0.15) is 0 Å². The van der Waals surface area contributed by atoms with Gasteiger partial charge in [0.05, 0.1) is 13.2 Å². The Bertz CT molecular complexity index is 384. The number of ether oxygens (including phenoxy) is 1. The van der Waals surface area contributed by atoms with E-state index in [1.54, 1.807) is 14.0 Å². The number of nitrogens with two attached hydrogens (primary N) is 1. The van der Waals surface area contributed by atoms with Crippen molar-refractivity contribution in [3.8, 4) is 5.75 Å². The van der Waals surface area contributed by atoms with Gasteiger partial charge in [-0.25, -0.2) is 0 Å². The van der Waals surface area contributed by atoms with Crippen LogP contribution >= 0.6 is 0 Å². The second-order valence-corrected chi connectivity index (χ2v) is 4.23. The third kappa shape index (κ3) is 2.42. The number of methoxy groups -OCH3 is 1. The second kappa shape index (κ2) is 5.12. The summed E-state index contributed by atoms with van der Waals surface area (Å²) in [6.45, 7) is 5.78. The summed E-state index contributed by atoms with van der Waals surface area (Å²) in [7, 11) is 1.61. The second-order valence-electron chi connectivity index (χ2n) is 4.23. The fraction of sp³-hybridized carbons (Fsp3) is 0.462. The summed E-state index contributed by atoms with van der Waals surface area (Å²) >= 11 is 0. The minimum Gasteiger partial charge on any atom is -0.496 e. The Balaban J connectivity index is 3.33. The molecule has 1 aromatic rings. The molecular formula is C13H19NO2. The van der Waals surface area contributed by atoms with Gasteiger partial charge in [-0.15, -0.1) is 0 Å². The van der Waals surface area contributed by atoms with Crippen LogP contribution in [0.5, 0.6) is 5.75 Å². The molecule has 16 heavy (non-hydrogen) atoms. The summed E-state index contributed by atoms with van der Waals surface area (Å²) < 4.78 is 5.28. The third-order valence-electron chi connectivity index (χ3n) is 2.54. The van der Waals surface area contributed by atoms with Crippen LogP contribution in [0.1, 0.15) is 42.6 Å². The van der Waals surface area contributed by atoms with E-state index in [4.69, 9.17) is 10.5 Å². The Labute approximate surface area is 96.6 Å². The zero-order valence-corrected chi connectivity index (χ0v) is 10.3. The van der Waals surface area contributed by atoms with Crippen LogP contribution in [0.15, 0.2) is 18.2 Å². The van der Waals surface area contributed by atoms with Crippen LogP contribution in [0, 0.1) is 0 Å². The number of carbonyl (C=O) groups excluding carboxylic acids is 1. The first kappa shape index (κ1) is 12.7. The standard InChI is InChI=1S/C13H19NO2/c1-8(2)12-10(13(15)9(3)14)6-5-7-11(12)16-4/h5-9H,14H2,1-4H3. The topological polar surface area (TPSA) is 52.3 Å². The van der Waals surface area contributed by atoms with Gasteiger partial charge in [0.15, 0.2) is 5.78 Å². The van der Waals surface area contributed by atoms with Crippen LogP contribution in [-0.4, -0.2) is 18.9 Å². The molecule has 0 amide bonds. The fourth-order valence-electron chi connectivity index (χ4n) is 1.78. The van der Waals surface area contributed by atoms with Gasteiger partial charge < -0.3 is 10.5 Å². The first-order chi connectivity index (χ1) is 7.49. The Kier molecular flexibility index (Phi) is 4.07. The van der Waals surface area contributed by atoms with Crippen molar-refractivity contribution >= 4 is 5.78 Å². The number of hydrogen-bond acceptors (Lipinski definition) is 3. The molecule has 0 saturated carbocycles. The summed E-state index contributed by atoms with van der Waals surface area (Å²) in [5.74, 6) is 0.943. The lowest BCUT2D eigenvalue weighted by Gasteiger charge is -2.17. The maximum Gasteiger partial charge on any atom is 0.179 e. The molecule has 0 bridgehead atoms. The van der Waals surface area contributed by atoms with Crippen molar-refractivity contribution in [2.45, 2.75) is 32.7 Å². The van der Waals surface area contributed by atoms with Crippen LogP contribution in [0.25, 0.3) is 0 Å². The van der Waals surface area contributed by atoms with Crippen molar-refractivity contribution < 1.29 is 9.53 Å². The van der Waals surface area contributed by atoms with E-state index in [2.05, 4.69) is 0 Å². The predicted molar refractivity (Wildman–Crippen MR) is 65.1 cm³/mol. The highest BCUT2D eigenvalue weighted by Gasteiger charge is 2.19. The molecule has 1 unspecified atom stereocenters. The molecule has 1 atom stereocenters. The molecule has 0 aromatic heterocycles. The minimum absolute atomic E-state index is 0.0393. The Hall–Kier alpha value is -1.35. The van der Waals surface area contributed by atoms with Crippen LogP contribution in [0.3, 0.4) is 0 Å². The largest absolute Gasteiger partial charge is 0.496 e. The van der Waals surface area contributed by atoms with E-state index in [0.717, 1.165) is 11.3 Å². The fourth-order valence-corrected chi connectivity index (χ4v) is 1.78. The molecule has 1 rings (SSSR count). The van der Waals surface area contributed by atoms with E-state index in [1.165, 1.54) is 0 Å².